The van der Waals surface area contributed by atoms with Crippen LogP contribution in [-0.2, 0) is 0 Å². The van der Waals surface area contributed by atoms with Gasteiger partial charge in [0.15, 0.2) is 0 Å². The number of unbranched alkanes of at least 4 members (excludes halogenated alkanes) is 4. The van der Waals surface area contributed by atoms with Gasteiger partial charge >= 0.3 is 0 Å². The molecule has 0 aromatic rings. The highest BCUT2D eigenvalue weighted by molar-refractivity contribution is 5.18. The molecule has 3 aliphatic rings. The van der Waals surface area contributed by atoms with Crippen LogP contribution in [0.4, 0.5) is 0 Å². The third kappa shape index (κ3) is 55.4. The molecular weight excluding hydrogens is 661 g/mol. The number of hydrogen-bond donors (Lipinski definition) is 0. The summed E-state index contributed by atoms with van der Waals surface area (Å²) in [5.74, 6) is 7.33. The molecule has 3 aliphatic carbocycles. The van der Waals surface area contributed by atoms with E-state index in [2.05, 4.69) is 177 Å². The van der Waals surface area contributed by atoms with Gasteiger partial charge in [-0.1, -0.05) is 266 Å². The third-order valence-corrected chi connectivity index (χ3v) is 10.9. The predicted molar refractivity (Wildman–Crippen MR) is 268 cm³/mol. The van der Waals surface area contributed by atoms with Gasteiger partial charge in [0.05, 0.1) is 0 Å². The van der Waals surface area contributed by atoms with Gasteiger partial charge in [-0.2, -0.15) is 0 Å². The Morgan fingerprint density at radius 2 is 0.964 bits per heavy atom. The maximum absolute atomic E-state index is 2.47. The van der Waals surface area contributed by atoms with Gasteiger partial charge in [-0.25, -0.2) is 0 Å². The fourth-order valence-electron chi connectivity index (χ4n) is 5.24. The Balaban J connectivity index is -0.0000000961. The van der Waals surface area contributed by atoms with E-state index in [1.54, 1.807) is 11.1 Å². The van der Waals surface area contributed by atoms with Crippen molar-refractivity contribution in [2.45, 2.75) is 270 Å². The molecule has 0 radical (unpaired) electrons. The molecule has 0 saturated heterocycles. The summed E-state index contributed by atoms with van der Waals surface area (Å²) >= 11 is 0. The second-order valence-electron chi connectivity index (χ2n) is 17.7. The zero-order valence-corrected chi connectivity index (χ0v) is 44.3. The summed E-state index contributed by atoms with van der Waals surface area (Å²) in [6.45, 7) is 57.3. The summed E-state index contributed by atoms with van der Waals surface area (Å²) in [6.07, 6.45) is 27.8. The first-order valence-electron chi connectivity index (χ1n) is 24.8. The Morgan fingerprint density at radius 1 is 0.582 bits per heavy atom. The molecule has 1 saturated carbocycles. The van der Waals surface area contributed by atoms with Crippen LogP contribution in [-0.4, -0.2) is 0 Å². The first kappa shape index (κ1) is 68.9. The molecule has 3 rings (SSSR count). The topological polar surface area (TPSA) is 0 Å². The highest BCUT2D eigenvalue weighted by Gasteiger charge is 2.46. The highest BCUT2D eigenvalue weighted by atomic mass is 14.5. The van der Waals surface area contributed by atoms with E-state index in [4.69, 9.17) is 0 Å². The zero-order valence-electron chi connectivity index (χ0n) is 44.3. The Kier molecular flexibility index (Phi) is 64.2. The SMILES string of the molecule is CC.CC.CC(C)C.CC/C=C\CC.CC1=CC(C)C2CC2C1C.CC1=CC(C)CC1C.CCC(C)(C)CC.CCC(C)CC.CCCC.CCCCCC. The van der Waals surface area contributed by atoms with Crippen molar-refractivity contribution < 1.29 is 0 Å². The second-order valence-corrected chi connectivity index (χ2v) is 17.7. The summed E-state index contributed by atoms with van der Waals surface area (Å²) in [7, 11) is 0. The summed E-state index contributed by atoms with van der Waals surface area (Å²) in [5, 5.41) is 0. The van der Waals surface area contributed by atoms with Gasteiger partial charge in [-0.15, -0.1) is 0 Å². The molecule has 0 aromatic heterocycles. The van der Waals surface area contributed by atoms with E-state index in [0.717, 1.165) is 47.3 Å². The van der Waals surface area contributed by atoms with Crippen LogP contribution in [0.5, 0.6) is 0 Å². The summed E-state index contributed by atoms with van der Waals surface area (Å²) in [5.41, 5.74) is 3.80. The maximum atomic E-state index is 2.47. The minimum absolute atomic E-state index is 0.583. The van der Waals surface area contributed by atoms with E-state index in [0.29, 0.717) is 5.41 Å². The van der Waals surface area contributed by atoms with Crippen molar-refractivity contribution in [3.63, 3.8) is 0 Å². The average Bonchev–Trinajstić information content (AvgIpc) is 3.94. The number of rotatable bonds is 10. The van der Waals surface area contributed by atoms with Gasteiger partial charge in [0, 0.05) is 0 Å². The molecular formula is C55H118. The van der Waals surface area contributed by atoms with Crippen molar-refractivity contribution in [1.82, 2.24) is 0 Å². The summed E-state index contributed by atoms with van der Waals surface area (Å²) in [4.78, 5) is 0. The highest BCUT2D eigenvalue weighted by Crippen LogP contribution is 2.54. The van der Waals surface area contributed by atoms with Crippen molar-refractivity contribution in [2.75, 3.05) is 0 Å². The number of allylic oxidation sites excluding steroid dienone is 6. The van der Waals surface area contributed by atoms with E-state index in [1.165, 1.54) is 89.9 Å². The van der Waals surface area contributed by atoms with Crippen molar-refractivity contribution >= 4 is 0 Å². The van der Waals surface area contributed by atoms with Gasteiger partial charge in [-0.3, -0.25) is 0 Å². The van der Waals surface area contributed by atoms with Crippen LogP contribution in [0.1, 0.15) is 270 Å². The molecule has 0 bridgehead atoms. The molecule has 0 heteroatoms. The fourth-order valence-corrected chi connectivity index (χ4v) is 5.24. The first-order chi connectivity index (χ1) is 25.8. The molecule has 0 heterocycles. The van der Waals surface area contributed by atoms with Gasteiger partial charge < -0.3 is 0 Å². The van der Waals surface area contributed by atoms with Gasteiger partial charge in [0.25, 0.3) is 0 Å². The third-order valence-electron chi connectivity index (χ3n) is 10.9. The molecule has 0 N–H and O–H groups in total. The Morgan fingerprint density at radius 3 is 1.15 bits per heavy atom. The predicted octanol–water partition coefficient (Wildman–Crippen LogP) is 21.2. The minimum atomic E-state index is 0.583. The molecule has 0 nitrogen and oxygen atoms in total. The van der Waals surface area contributed by atoms with E-state index >= 15 is 0 Å². The van der Waals surface area contributed by atoms with Crippen LogP contribution in [0.15, 0.2) is 35.5 Å². The van der Waals surface area contributed by atoms with Crippen LogP contribution in [0.25, 0.3) is 0 Å². The van der Waals surface area contributed by atoms with E-state index in [9.17, 15) is 0 Å². The smallest absolute Gasteiger partial charge is 0.0203 e. The first-order valence-corrected chi connectivity index (χ1v) is 24.8. The number of fused-ring (bicyclic) bond motifs is 1. The van der Waals surface area contributed by atoms with Crippen LogP contribution < -0.4 is 0 Å². The molecule has 1 fully saturated rings. The average molecular weight is 780 g/mol. The van der Waals surface area contributed by atoms with E-state index < -0.39 is 0 Å². The zero-order chi connectivity index (χ0) is 45.0. The number of hydrogen-bond acceptors (Lipinski definition) is 0. The maximum Gasteiger partial charge on any atom is -0.0203 e. The molecule has 338 valence electrons. The lowest BCUT2D eigenvalue weighted by Gasteiger charge is -2.20. The Labute approximate surface area is 356 Å². The van der Waals surface area contributed by atoms with Crippen LogP contribution in [0, 0.1) is 52.8 Å². The van der Waals surface area contributed by atoms with Gasteiger partial charge in [0.1, 0.15) is 0 Å². The lowest BCUT2D eigenvalue weighted by atomic mass is 9.85. The minimum Gasteiger partial charge on any atom is -0.0888 e. The molecule has 0 aliphatic heterocycles. The molecule has 0 spiro atoms. The molecule has 0 aromatic carbocycles. The molecule has 6 atom stereocenters. The standard InChI is InChI=1S/C10H16.C8H14.C7H16.2C6H14.C6H12.2C4H10.2C2H6/c1-6-4-7(2)9-5-10(9)8(6)3;1-6-4-7(2)8(3)5-6;1-5-7(3,4)6-2;1-4-6(3)5-2;2*1-3-5-6-4-2;1-4(2)3;1-3-4-2;2*1-2/h4,7-10H,5H2,1-3H3;4,6,8H,5H2,1-3H3;5-6H2,1-4H3;6H,4-5H2,1-3H3;3-6H2,1-2H3;5-6H,3-4H2,1-2H3;4H,1-3H3;3-4H2,1-2H3;2*1-2H3/b;;;;;6-5-;;;;. The van der Waals surface area contributed by atoms with Crippen molar-refractivity contribution in [2.24, 2.45) is 52.8 Å². The lowest BCUT2D eigenvalue weighted by molar-refractivity contribution is 0.338. The largest absolute Gasteiger partial charge is 0.0888 e. The molecule has 0 amide bonds. The van der Waals surface area contributed by atoms with Crippen molar-refractivity contribution in [1.29, 1.82) is 0 Å². The van der Waals surface area contributed by atoms with E-state index in [-0.39, 0.29) is 0 Å². The lowest BCUT2D eigenvalue weighted by Crippen LogP contribution is -2.11. The summed E-state index contributed by atoms with van der Waals surface area (Å²) in [6, 6.07) is 0. The summed E-state index contributed by atoms with van der Waals surface area (Å²) < 4.78 is 0. The van der Waals surface area contributed by atoms with Gasteiger partial charge in [0.2, 0.25) is 0 Å². The van der Waals surface area contributed by atoms with Crippen LogP contribution in [0.3, 0.4) is 0 Å². The Hall–Kier alpha value is -0.780. The van der Waals surface area contributed by atoms with E-state index in [1.807, 2.05) is 27.7 Å². The quantitative estimate of drug-likeness (QED) is 0.153. The normalized spacial score (nSPS) is 21.0. The second kappa shape index (κ2) is 51.2. The fraction of sp³-hybridized carbons (Fsp3) is 0.891. The van der Waals surface area contributed by atoms with Gasteiger partial charge in [-0.05, 0) is 92.3 Å². The molecule has 6 unspecified atom stereocenters. The monoisotopic (exact) mass is 779 g/mol. The Bertz CT molecular complexity index is 736. The van der Waals surface area contributed by atoms with Crippen molar-refractivity contribution in [3.8, 4) is 0 Å². The van der Waals surface area contributed by atoms with Crippen LogP contribution in [0.2, 0.25) is 0 Å². The van der Waals surface area contributed by atoms with Crippen molar-refractivity contribution in [3.05, 3.63) is 35.5 Å². The van der Waals surface area contributed by atoms with Crippen LogP contribution >= 0.6 is 0 Å². The molecule has 55 heavy (non-hydrogen) atoms.